The highest BCUT2D eigenvalue weighted by Gasteiger charge is 2.08. The van der Waals surface area contributed by atoms with Gasteiger partial charge < -0.3 is 0 Å². The molecule has 0 N–H and O–H groups in total. The van der Waals surface area contributed by atoms with Crippen LogP contribution in [0, 0.1) is 0 Å². The standard InChI is InChI=1S/C6H5N3O3/c10-5-2-1-3-7-8-9-12-6(11)4-5/h1-3H,4H2/b2-1-,7-3-,9-8-. The van der Waals surface area contributed by atoms with Crippen LogP contribution in [0.3, 0.4) is 0 Å². The SMILES string of the molecule is O=C1\C=C/C=N\N=N/OC(=O)C1. The molecule has 6 heteroatoms. The topological polar surface area (TPSA) is 80.4 Å². The summed E-state index contributed by atoms with van der Waals surface area (Å²) in [6, 6.07) is 0. The smallest absolute Gasteiger partial charge is 0.298 e. The zero-order chi connectivity index (χ0) is 8.81. The number of hydrogen-bond donors (Lipinski definition) is 0. The number of hydrogen-bond acceptors (Lipinski definition) is 6. The predicted octanol–water partition coefficient (Wildman–Crippen LogP) is 0.412. The molecule has 6 nitrogen and oxygen atoms in total. The second kappa shape index (κ2) is 4.12. The van der Waals surface area contributed by atoms with Gasteiger partial charge in [-0.15, -0.1) is 5.10 Å². The highest BCUT2D eigenvalue weighted by Crippen LogP contribution is 1.93. The molecular formula is C6H5N3O3. The summed E-state index contributed by atoms with van der Waals surface area (Å²) in [5, 5.41) is 9.35. The Morgan fingerprint density at radius 1 is 1.42 bits per heavy atom. The molecular weight excluding hydrogens is 162 g/mol. The van der Waals surface area contributed by atoms with Crippen molar-refractivity contribution in [3.63, 3.8) is 0 Å². The van der Waals surface area contributed by atoms with E-state index in [2.05, 4.69) is 20.4 Å². The molecule has 0 aliphatic carbocycles. The molecule has 0 bridgehead atoms. The van der Waals surface area contributed by atoms with E-state index in [0.29, 0.717) is 0 Å². The largest absolute Gasteiger partial charge is 0.344 e. The molecule has 1 heterocycles. The number of ketones is 1. The average molecular weight is 167 g/mol. The fraction of sp³-hybridized carbons (Fsp3) is 0.167. The Bertz CT molecular complexity index is 280. The lowest BCUT2D eigenvalue weighted by Crippen LogP contribution is -2.06. The van der Waals surface area contributed by atoms with Gasteiger partial charge in [0.25, 0.3) is 0 Å². The summed E-state index contributed by atoms with van der Waals surface area (Å²) < 4.78 is 0. The number of rotatable bonds is 0. The van der Waals surface area contributed by atoms with Crippen molar-refractivity contribution in [2.24, 2.45) is 15.6 Å². The summed E-state index contributed by atoms with van der Waals surface area (Å²) in [6.07, 6.45) is 3.52. The average Bonchev–Trinajstić information content (AvgIpc) is 2.02. The van der Waals surface area contributed by atoms with Crippen LogP contribution in [0.15, 0.2) is 27.8 Å². The van der Waals surface area contributed by atoms with Gasteiger partial charge in [-0.2, -0.15) is 0 Å². The van der Waals surface area contributed by atoms with Gasteiger partial charge in [-0.05, 0) is 17.4 Å². The van der Waals surface area contributed by atoms with Crippen LogP contribution in [0.25, 0.3) is 0 Å². The van der Waals surface area contributed by atoms with E-state index in [1.807, 2.05) is 0 Å². The van der Waals surface area contributed by atoms with Crippen molar-refractivity contribution < 1.29 is 14.4 Å². The van der Waals surface area contributed by atoms with Gasteiger partial charge in [-0.3, -0.25) is 9.63 Å². The third kappa shape index (κ3) is 2.82. The van der Waals surface area contributed by atoms with Gasteiger partial charge in [-0.25, -0.2) is 4.79 Å². The Hall–Kier alpha value is -1.85. The van der Waals surface area contributed by atoms with E-state index in [1.165, 1.54) is 18.4 Å². The van der Waals surface area contributed by atoms with E-state index in [0.717, 1.165) is 0 Å². The van der Waals surface area contributed by atoms with E-state index in [1.54, 1.807) is 0 Å². The van der Waals surface area contributed by atoms with Crippen LogP contribution in [0.2, 0.25) is 0 Å². The molecule has 0 fully saturated rings. The van der Waals surface area contributed by atoms with Crippen LogP contribution >= 0.6 is 0 Å². The van der Waals surface area contributed by atoms with E-state index < -0.39 is 5.97 Å². The lowest BCUT2D eigenvalue weighted by atomic mass is 10.3. The van der Waals surface area contributed by atoms with Crippen LogP contribution in [0.1, 0.15) is 6.42 Å². The van der Waals surface area contributed by atoms with Crippen molar-refractivity contribution in [1.82, 2.24) is 0 Å². The Morgan fingerprint density at radius 2 is 2.25 bits per heavy atom. The zero-order valence-electron chi connectivity index (χ0n) is 6.01. The lowest BCUT2D eigenvalue weighted by molar-refractivity contribution is -0.146. The number of carbonyl (C=O) groups is 2. The monoisotopic (exact) mass is 167 g/mol. The number of carbonyl (C=O) groups excluding carboxylic acids is 2. The summed E-state index contributed by atoms with van der Waals surface area (Å²) in [4.78, 5) is 25.6. The summed E-state index contributed by atoms with van der Waals surface area (Å²) in [5.74, 6) is -1.10. The first-order chi connectivity index (χ1) is 5.79. The molecule has 1 rings (SSSR count). The predicted molar refractivity (Wildman–Crippen MR) is 38.2 cm³/mol. The zero-order valence-corrected chi connectivity index (χ0v) is 6.01. The molecule has 0 amide bonds. The molecule has 0 spiro atoms. The number of allylic oxidation sites excluding steroid dienone is 2. The Labute approximate surface area is 67.6 Å². The molecule has 0 saturated heterocycles. The van der Waals surface area contributed by atoms with Crippen molar-refractivity contribution in [2.45, 2.75) is 6.42 Å². The third-order valence-electron chi connectivity index (χ3n) is 0.984. The second-order valence-corrected chi connectivity index (χ2v) is 1.90. The molecule has 0 saturated carbocycles. The van der Waals surface area contributed by atoms with Gasteiger partial charge in [0.1, 0.15) is 6.42 Å². The Kier molecular flexibility index (Phi) is 2.83. The molecule has 1 aliphatic heterocycles. The molecule has 0 aromatic carbocycles. The Morgan fingerprint density at radius 3 is 3.08 bits per heavy atom. The van der Waals surface area contributed by atoms with Crippen molar-refractivity contribution in [3.05, 3.63) is 12.2 Å². The molecule has 62 valence electrons. The van der Waals surface area contributed by atoms with Crippen LogP contribution in [-0.2, 0) is 14.4 Å². The quantitative estimate of drug-likeness (QED) is 0.490. The fourth-order valence-corrected chi connectivity index (χ4v) is 0.537. The van der Waals surface area contributed by atoms with Gasteiger partial charge >= 0.3 is 5.97 Å². The first kappa shape index (κ1) is 8.25. The first-order valence-electron chi connectivity index (χ1n) is 3.12. The van der Waals surface area contributed by atoms with Gasteiger partial charge in [0.2, 0.25) is 0 Å². The van der Waals surface area contributed by atoms with Crippen LogP contribution in [-0.4, -0.2) is 18.0 Å². The van der Waals surface area contributed by atoms with Crippen molar-refractivity contribution >= 4 is 18.0 Å². The first-order valence-corrected chi connectivity index (χ1v) is 3.12. The molecule has 0 atom stereocenters. The third-order valence-corrected chi connectivity index (χ3v) is 0.984. The minimum absolute atomic E-state index is 0.330. The van der Waals surface area contributed by atoms with Crippen molar-refractivity contribution in [2.75, 3.05) is 0 Å². The van der Waals surface area contributed by atoms with E-state index in [4.69, 9.17) is 0 Å². The molecule has 0 unspecified atom stereocenters. The highest BCUT2D eigenvalue weighted by atomic mass is 16.7. The van der Waals surface area contributed by atoms with Gasteiger partial charge in [0.05, 0.1) is 11.5 Å². The van der Waals surface area contributed by atoms with Crippen molar-refractivity contribution in [3.8, 4) is 0 Å². The molecule has 12 heavy (non-hydrogen) atoms. The maximum absolute atomic E-state index is 10.8. The maximum Gasteiger partial charge on any atom is 0.344 e. The van der Waals surface area contributed by atoms with Crippen LogP contribution in [0.5, 0.6) is 0 Å². The highest BCUT2D eigenvalue weighted by molar-refractivity contribution is 6.03. The second-order valence-electron chi connectivity index (χ2n) is 1.90. The van der Waals surface area contributed by atoms with E-state index in [-0.39, 0.29) is 12.2 Å². The molecule has 0 aromatic rings. The van der Waals surface area contributed by atoms with E-state index >= 15 is 0 Å². The normalized spacial score (nSPS) is 25.7. The summed E-state index contributed by atoms with van der Waals surface area (Å²) in [5.41, 5.74) is 0. The summed E-state index contributed by atoms with van der Waals surface area (Å²) in [6.45, 7) is 0. The molecule has 0 radical (unpaired) electrons. The van der Waals surface area contributed by atoms with Crippen LogP contribution in [0.4, 0.5) is 0 Å². The Balaban J connectivity index is 2.71. The summed E-state index contributed by atoms with van der Waals surface area (Å²) in [7, 11) is 0. The van der Waals surface area contributed by atoms with Gasteiger partial charge in [-0.1, -0.05) is 0 Å². The summed E-state index contributed by atoms with van der Waals surface area (Å²) >= 11 is 0. The fourth-order valence-electron chi connectivity index (χ4n) is 0.537. The maximum atomic E-state index is 10.8. The minimum atomic E-state index is -0.745. The molecule has 0 aromatic heterocycles. The molecule has 1 aliphatic rings. The van der Waals surface area contributed by atoms with Gasteiger partial charge in [0.15, 0.2) is 5.78 Å². The van der Waals surface area contributed by atoms with E-state index in [9.17, 15) is 9.59 Å². The minimum Gasteiger partial charge on any atom is -0.298 e. The number of nitrogens with zero attached hydrogens (tertiary/aromatic N) is 3. The van der Waals surface area contributed by atoms with Crippen LogP contribution < -0.4 is 0 Å². The van der Waals surface area contributed by atoms with Crippen molar-refractivity contribution in [1.29, 1.82) is 0 Å². The lowest BCUT2D eigenvalue weighted by Gasteiger charge is -1.92. The van der Waals surface area contributed by atoms with Gasteiger partial charge in [0, 0.05) is 0 Å².